The van der Waals surface area contributed by atoms with Crippen molar-refractivity contribution in [3.8, 4) is 44.5 Å². The standard InChI is InChI=1S/C52H35NO/c1-4-12-36(13-5-1)39-20-22-43(23-21-39)47-33-35-49-51(50-46-19-11-10-18-42(46)28-34-48(50)54-49)52(47)53(44-29-24-40(25-30-44)37-14-6-2-7-15-37)45-31-26-41(27-32-45)38-16-8-3-9-17-38/h1-35H. The summed E-state index contributed by atoms with van der Waals surface area (Å²) < 4.78 is 6.72. The molecule has 1 heterocycles. The molecule has 10 aromatic rings. The van der Waals surface area contributed by atoms with Gasteiger partial charge in [-0.15, -0.1) is 0 Å². The average molecular weight is 690 g/mol. The molecule has 0 saturated carbocycles. The molecule has 0 saturated heterocycles. The van der Waals surface area contributed by atoms with Crippen LogP contribution < -0.4 is 4.90 Å². The molecular formula is C52H35NO. The molecule has 0 unspecified atom stereocenters. The molecule has 54 heavy (non-hydrogen) atoms. The van der Waals surface area contributed by atoms with E-state index in [1.54, 1.807) is 0 Å². The third-order valence-corrected chi connectivity index (χ3v) is 10.5. The van der Waals surface area contributed by atoms with Gasteiger partial charge in [0.05, 0.1) is 11.1 Å². The molecular weight excluding hydrogens is 655 g/mol. The second-order valence-corrected chi connectivity index (χ2v) is 13.7. The maximum absolute atomic E-state index is 6.72. The van der Waals surface area contributed by atoms with Crippen LogP contribution in [-0.4, -0.2) is 0 Å². The van der Waals surface area contributed by atoms with Gasteiger partial charge in [-0.25, -0.2) is 0 Å². The predicted octanol–water partition coefficient (Wildman–Crippen LogP) is 14.9. The van der Waals surface area contributed by atoms with E-state index < -0.39 is 0 Å². The zero-order valence-corrected chi connectivity index (χ0v) is 29.6. The van der Waals surface area contributed by atoms with E-state index in [2.05, 4.69) is 217 Å². The summed E-state index contributed by atoms with van der Waals surface area (Å²) in [6, 6.07) is 75.8. The fourth-order valence-electron chi connectivity index (χ4n) is 7.82. The number of rotatable bonds is 7. The van der Waals surface area contributed by atoms with Crippen molar-refractivity contribution in [2.24, 2.45) is 0 Å². The Morgan fingerprint density at radius 1 is 0.296 bits per heavy atom. The summed E-state index contributed by atoms with van der Waals surface area (Å²) in [6.45, 7) is 0. The van der Waals surface area contributed by atoms with Crippen molar-refractivity contribution < 1.29 is 4.42 Å². The first-order valence-electron chi connectivity index (χ1n) is 18.4. The van der Waals surface area contributed by atoms with Gasteiger partial charge in [0, 0.05) is 22.3 Å². The van der Waals surface area contributed by atoms with Gasteiger partial charge in [-0.3, -0.25) is 0 Å². The molecule has 254 valence electrons. The molecule has 0 amide bonds. The molecule has 0 N–H and O–H groups in total. The summed E-state index contributed by atoms with van der Waals surface area (Å²) in [5.74, 6) is 0. The highest BCUT2D eigenvalue weighted by Gasteiger charge is 2.25. The summed E-state index contributed by atoms with van der Waals surface area (Å²) in [4.78, 5) is 2.42. The second-order valence-electron chi connectivity index (χ2n) is 13.7. The maximum Gasteiger partial charge on any atom is 0.137 e. The SMILES string of the molecule is c1ccc(-c2ccc(-c3ccc4oc5ccc6ccccc6c5c4c3N(c3ccc(-c4ccccc4)cc3)c3ccc(-c4ccccc4)cc3)cc2)cc1. The average Bonchev–Trinajstić information content (AvgIpc) is 3.65. The van der Waals surface area contributed by atoms with Crippen LogP contribution >= 0.6 is 0 Å². The van der Waals surface area contributed by atoms with Gasteiger partial charge in [0.15, 0.2) is 0 Å². The van der Waals surface area contributed by atoms with E-state index in [4.69, 9.17) is 4.42 Å². The van der Waals surface area contributed by atoms with Crippen LogP contribution in [0, 0.1) is 0 Å². The Hall–Kier alpha value is -7.16. The molecule has 0 radical (unpaired) electrons. The number of anilines is 3. The van der Waals surface area contributed by atoms with Crippen LogP contribution in [0.4, 0.5) is 17.1 Å². The van der Waals surface area contributed by atoms with Gasteiger partial charge in [-0.1, -0.05) is 170 Å². The number of furan rings is 1. The minimum Gasteiger partial charge on any atom is -0.456 e. The van der Waals surface area contributed by atoms with Crippen molar-refractivity contribution in [3.05, 3.63) is 212 Å². The number of benzene rings is 9. The van der Waals surface area contributed by atoms with Crippen molar-refractivity contribution in [1.82, 2.24) is 0 Å². The monoisotopic (exact) mass is 689 g/mol. The lowest BCUT2D eigenvalue weighted by Crippen LogP contribution is -2.12. The van der Waals surface area contributed by atoms with E-state index >= 15 is 0 Å². The summed E-state index contributed by atoms with van der Waals surface area (Å²) in [6.07, 6.45) is 0. The zero-order valence-electron chi connectivity index (χ0n) is 29.6. The molecule has 0 spiro atoms. The van der Waals surface area contributed by atoms with Crippen molar-refractivity contribution in [2.45, 2.75) is 0 Å². The molecule has 2 nitrogen and oxygen atoms in total. The Labute approximate surface area is 314 Å². The topological polar surface area (TPSA) is 16.4 Å². The first kappa shape index (κ1) is 31.6. The van der Waals surface area contributed by atoms with Crippen LogP contribution in [0.3, 0.4) is 0 Å². The van der Waals surface area contributed by atoms with Crippen LogP contribution in [0.1, 0.15) is 0 Å². The Bertz CT molecular complexity index is 2790. The van der Waals surface area contributed by atoms with Gasteiger partial charge in [0.25, 0.3) is 0 Å². The normalized spacial score (nSPS) is 11.3. The molecule has 0 aliphatic carbocycles. The fourth-order valence-corrected chi connectivity index (χ4v) is 7.82. The van der Waals surface area contributed by atoms with Gasteiger partial charge in [-0.2, -0.15) is 0 Å². The van der Waals surface area contributed by atoms with E-state index in [0.29, 0.717) is 0 Å². The van der Waals surface area contributed by atoms with E-state index in [0.717, 1.165) is 50.1 Å². The van der Waals surface area contributed by atoms with Crippen molar-refractivity contribution in [1.29, 1.82) is 0 Å². The van der Waals surface area contributed by atoms with Crippen molar-refractivity contribution >= 4 is 49.8 Å². The van der Waals surface area contributed by atoms with Crippen LogP contribution in [0.15, 0.2) is 217 Å². The van der Waals surface area contributed by atoms with Gasteiger partial charge in [-0.05, 0) is 92.2 Å². The van der Waals surface area contributed by atoms with Crippen molar-refractivity contribution in [3.63, 3.8) is 0 Å². The minimum atomic E-state index is 0.854. The predicted molar refractivity (Wildman–Crippen MR) is 228 cm³/mol. The first-order chi connectivity index (χ1) is 26.8. The van der Waals surface area contributed by atoms with E-state index in [-0.39, 0.29) is 0 Å². The lowest BCUT2D eigenvalue weighted by atomic mass is 9.94. The van der Waals surface area contributed by atoms with E-state index in [1.807, 2.05) is 0 Å². The Morgan fingerprint density at radius 3 is 1.24 bits per heavy atom. The van der Waals surface area contributed by atoms with Crippen LogP contribution in [0.25, 0.3) is 77.2 Å². The van der Waals surface area contributed by atoms with Crippen molar-refractivity contribution in [2.75, 3.05) is 4.90 Å². The highest BCUT2D eigenvalue weighted by atomic mass is 16.3. The number of hydrogen-bond acceptors (Lipinski definition) is 2. The molecule has 0 aliphatic rings. The van der Waals surface area contributed by atoms with Gasteiger partial charge < -0.3 is 9.32 Å². The minimum absolute atomic E-state index is 0.854. The quantitative estimate of drug-likeness (QED) is 0.166. The molecule has 9 aromatic carbocycles. The largest absolute Gasteiger partial charge is 0.456 e. The Balaban J connectivity index is 1.25. The molecule has 0 atom stereocenters. The Kier molecular flexibility index (Phi) is 7.85. The lowest BCUT2D eigenvalue weighted by Gasteiger charge is -2.29. The summed E-state index contributed by atoms with van der Waals surface area (Å²) in [5, 5.41) is 4.56. The van der Waals surface area contributed by atoms with E-state index in [1.165, 1.54) is 44.2 Å². The van der Waals surface area contributed by atoms with Crippen LogP contribution in [0.2, 0.25) is 0 Å². The zero-order chi connectivity index (χ0) is 35.8. The Morgan fingerprint density at radius 2 is 0.704 bits per heavy atom. The molecule has 0 aliphatic heterocycles. The highest BCUT2D eigenvalue weighted by Crippen LogP contribution is 2.50. The summed E-state index contributed by atoms with van der Waals surface area (Å²) >= 11 is 0. The maximum atomic E-state index is 6.72. The number of hydrogen-bond donors (Lipinski definition) is 0. The third kappa shape index (κ3) is 5.62. The van der Waals surface area contributed by atoms with Gasteiger partial charge in [0.2, 0.25) is 0 Å². The number of fused-ring (bicyclic) bond motifs is 5. The van der Waals surface area contributed by atoms with E-state index in [9.17, 15) is 0 Å². The summed E-state index contributed by atoms with van der Waals surface area (Å²) in [7, 11) is 0. The molecule has 10 rings (SSSR count). The van der Waals surface area contributed by atoms with Crippen LogP contribution in [-0.2, 0) is 0 Å². The number of nitrogens with zero attached hydrogens (tertiary/aromatic N) is 1. The fraction of sp³-hybridized carbons (Fsp3) is 0. The smallest absolute Gasteiger partial charge is 0.137 e. The molecule has 0 bridgehead atoms. The van der Waals surface area contributed by atoms with Gasteiger partial charge >= 0.3 is 0 Å². The summed E-state index contributed by atoms with van der Waals surface area (Å²) in [5.41, 5.74) is 14.3. The molecule has 1 aromatic heterocycles. The molecule has 2 heteroatoms. The lowest BCUT2D eigenvalue weighted by molar-refractivity contribution is 0.669. The van der Waals surface area contributed by atoms with Crippen LogP contribution in [0.5, 0.6) is 0 Å². The highest BCUT2D eigenvalue weighted by molar-refractivity contribution is 6.25. The first-order valence-corrected chi connectivity index (χ1v) is 18.4. The molecule has 0 fully saturated rings. The second kappa shape index (κ2) is 13.4. The third-order valence-electron chi connectivity index (χ3n) is 10.5. The van der Waals surface area contributed by atoms with Gasteiger partial charge in [0.1, 0.15) is 11.2 Å².